The smallest absolute Gasteiger partial charge is 0.310 e. The van der Waals surface area contributed by atoms with E-state index in [-0.39, 0.29) is 23.3 Å². The van der Waals surface area contributed by atoms with Crippen molar-refractivity contribution in [3.05, 3.63) is 33.9 Å². The highest BCUT2D eigenvalue weighted by Gasteiger charge is 2.21. The van der Waals surface area contributed by atoms with Crippen LogP contribution in [0.5, 0.6) is 5.75 Å². The van der Waals surface area contributed by atoms with Gasteiger partial charge in [0, 0.05) is 30.8 Å². The van der Waals surface area contributed by atoms with Gasteiger partial charge in [-0.3, -0.25) is 14.9 Å². The van der Waals surface area contributed by atoms with Crippen molar-refractivity contribution in [2.24, 2.45) is 5.92 Å². The number of carbonyl (C=O) groups is 1. The Kier molecular flexibility index (Phi) is 5.67. The average molecular weight is 291 g/mol. The minimum absolute atomic E-state index is 0.0373. The number of methoxy groups -OCH3 is 1. The second-order valence-corrected chi connectivity index (χ2v) is 4.52. The van der Waals surface area contributed by atoms with Gasteiger partial charge in [-0.15, -0.1) is 0 Å². The van der Waals surface area contributed by atoms with Gasteiger partial charge >= 0.3 is 5.69 Å². The van der Waals surface area contributed by atoms with Crippen LogP contribution in [0.4, 0.5) is 5.69 Å². The number of nitro benzene ring substituents is 1. The predicted molar refractivity (Wildman–Crippen MR) is 76.0 cm³/mol. The van der Waals surface area contributed by atoms with E-state index in [9.17, 15) is 14.9 Å². The minimum Gasteiger partial charge on any atom is -0.490 e. The SMILES string of the molecule is CCN(CC(C)C#N)C(=O)c1ccc([N+](=O)[O-])c(OC)c1. The molecule has 0 aliphatic rings. The van der Waals surface area contributed by atoms with Crippen molar-refractivity contribution >= 4 is 11.6 Å². The Morgan fingerprint density at radius 3 is 2.71 bits per heavy atom. The number of benzene rings is 1. The molecule has 112 valence electrons. The molecule has 1 rings (SSSR count). The van der Waals surface area contributed by atoms with E-state index in [0.717, 1.165) is 0 Å². The Labute approximate surface area is 122 Å². The van der Waals surface area contributed by atoms with Gasteiger partial charge < -0.3 is 9.64 Å². The Morgan fingerprint density at radius 2 is 2.24 bits per heavy atom. The van der Waals surface area contributed by atoms with Crippen LogP contribution in [0.15, 0.2) is 18.2 Å². The maximum Gasteiger partial charge on any atom is 0.310 e. The van der Waals surface area contributed by atoms with Gasteiger partial charge in [-0.25, -0.2) is 0 Å². The number of hydrogen-bond donors (Lipinski definition) is 0. The van der Waals surface area contributed by atoms with Crippen LogP contribution in [-0.2, 0) is 0 Å². The lowest BCUT2D eigenvalue weighted by Gasteiger charge is -2.22. The molecule has 7 heteroatoms. The van der Waals surface area contributed by atoms with Crippen molar-refractivity contribution in [1.82, 2.24) is 4.90 Å². The van der Waals surface area contributed by atoms with Crippen molar-refractivity contribution in [2.45, 2.75) is 13.8 Å². The van der Waals surface area contributed by atoms with E-state index in [1.54, 1.807) is 6.92 Å². The van der Waals surface area contributed by atoms with Gasteiger partial charge in [-0.05, 0) is 19.9 Å². The van der Waals surface area contributed by atoms with Crippen molar-refractivity contribution in [3.63, 3.8) is 0 Å². The third-order valence-corrected chi connectivity index (χ3v) is 3.01. The first-order valence-corrected chi connectivity index (χ1v) is 6.45. The molecular formula is C14H17N3O4. The first kappa shape index (κ1) is 16.4. The number of hydrogen-bond acceptors (Lipinski definition) is 5. The van der Waals surface area contributed by atoms with Gasteiger partial charge in [-0.2, -0.15) is 5.26 Å². The fourth-order valence-electron chi connectivity index (χ4n) is 1.87. The molecule has 0 saturated carbocycles. The maximum atomic E-state index is 12.4. The van der Waals surface area contributed by atoms with Gasteiger partial charge in [0.05, 0.1) is 24.0 Å². The van der Waals surface area contributed by atoms with E-state index < -0.39 is 4.92 Å². The molecule has 21 heavy (non-hydrogen) atoms. The average Bonchev–Trinajstić information content (AvgIpc) is 2.50. The van der Waals surface area contributed by atoms with Gasteiger partial charge in [0.15, 0.2) is 5.75 Å². The first-order valence-electron chi connectivity index (χ1n) is 6.45. The number of amides is 1. The quantitative estimate of drug-likeness (QED) is 0.591. The topological polar surface area (TPSA) is 96.5 Å². The molecule has 0 saturated heterocycles. The fraction of sp³-hybridized carbons (Fsp3) is 0.429. The van der Waals surface area contributed by atoms with Crippen LogP contribution < -0.4 is 4.74 Å². The van der Waals surface area contributed by atoms with E-state index in [1.807, 2.05) is 6.92 Å². The molecule has 1 amide bonds. The maximum absolute atomic E-state index is 12.4. The Balaban J connectivity index is 3.06. The molecule has 0 N–H and O–H groups in total. The molecule has 1 aromatic rings. The largest absolute Gasteiger partial charge is 0.490 e. The highest BCUT2D eigenvalue weighted by atomic mass is 16.6. The standard InChI is InChI=1S/C14H17N3O4/c1-4-16(9-10(2)8-15)14(18)11-5-6-12(17(19)20)13(7-11)21-3/h5-7,10H,4,9H2,1-3H3. The van der Waals surface area contributed by atoms with Crippen LogP contribution in [-0.4, -0.2) is 35.9 Å². The lowest BCUT2D eigenvalue weighted by atomic mass is 10.1. The summed E-state index contributed by atoms with van der Waals surface area (Å²) < 4.78 is 4.95. The van der Waals surface area contributed by atoms with Crippen LogP contribution in [0, 0.1) is 27.4 Å². The summed E-state index contributed by atoms with van der Waals surface area (Å²) in [6.07, 6.45) is 0. The number of nitriles is 1. The molecule has 0 bridgehead atoms. The van der Waals surface area contributed by atoms with E-state index in [4.69, 9.17) is 10.00 Å². The number of ether oxygens (including phenoxy) is 1. The number of carbonyl (C=O) groups excluding carboxylic acids is 1. The third kappa shape index (κ3) is 3.92. The molecule has 0 aliphatic heterocycles. The zero-order valence-electron chi connectivity index (χ0n) is 12.2. The summed E-state index contributed by atoms with van der Waals surface area (Å²) in [7, 11) is 1.31. The molecule has 1 unspecified atom stereocenters. The molecule has 0 spiro atoms. The summed E-state index contributed by atoms with van der Waals surface area (Å²) in [5, 5.41) is 19.7. The fourth-order valence-corrected chi connectivity index (χ4v) is 1.87. The molecule has 1 atom stereocenters. The normalized spacial score (nSPS) is 11.3. The summed E-state index contributed by atoms with van der Waals surface area (Å²) in [4.78, 5) is 24.2. The molecule has 0 aliphatic carbocycles. The number of nitrogens with zero attached hydrogens (tertiary/aromatic N) is 3. The zero-order valence-corrected chi connectivity index (χ0v) is 12.2. The molecule has 0 heterocycles. The van der Waals surface area contributed by atoms with Crippen LogP contribution >= 0.6 is 0 Å². The van der Waals surface area contributed by atoms with Crippen molar-refractivity contribution in [2.75, 3.05) is 20.2 Å². The van der Waals surface area contributed by atoms with Gasteiger partial charge in [0.25, 0.3) is 5.91 Å². The van der Waals surface area contributed by atoms with Crippen molar-refractivity contribution in [1.29, 1.82) is 5.26 Å². The van der Waals surface area contributed by atoms with Crippen LogP contribution in [0.25, 0.3) is 0 Å². The minimum atomic E-state index is -0.567. The second-order valence-electron chi connectivity index (χ2n) is 4.52. The third-order valence-electron chi connectivity index (χ3n) is 3.01. The summed E-state index contributed by atoms with van der Waals surface area (Å²) in [6, 6.07) is 6.06. The number of rotatable bonds is 6. The Hall–Kier alpha value is -2.62. The predicted octanol–water partition coefficient (Wildman–Crippen LogP) is 2.23. The zero-order chi connectivity index (χ0) is 16.0. The molecule has 0 fully saturated rings. The molecule has 1 aromatic carbocycles. The highest BCUT2D eigenvalue weighted by Crippen LogP contribution is 2.28. The number of nitro groups is 1. The van der Waals surface area contributed by atoms with Crippen LogP contribution in [0.2, 0.25) is 0 Å². The van der Waals surface area contributed by atoms with E-state index in [1.165, 1.54) is 30.2 Å². The molecule has 0 radical (unpaired) electrons. The van der Waals surface area contributed by atoms with Crippen molar-refractivity contribution in [3.8, 4) is 11.8 Å². The van der Waals surface area contributed by atoms with Gasteiger partial charge in [-0.1, -0.05) is 0 Å². The first-order chi connectivity index (χ1) is 9.94. The summed E-state index contributed by atoms with van der Waals surface area (Å²) in [6.45, 7) is 4.30. The van der Waals surface area contributed by atoms with Gasteiger partial charge in [0.1, 0.15) is 0 Å². The van der Waals surface area contributed by atoms with E-state index in [0.29, 0.717) is 18.7 Å². The molecule has 7 nitrogen and oxygen atoms in total. The molecular weight excluding hydrogens is 274 g/mol. The van der Waals surface area contributed by atoms with Crippen LogP contribution in [0.3, 0.4) is 0 Å². The van der Waals surface area contributed by atoms with E-state index >= 15 is 0 Å². The Morgan fingerprint density at radius 1 is 1.57 bits per heavy atom. The highest BCUT2D eigenvalue weighted by molar-refractivity contribution is 5.95. The Bertz CT molecular complexity index is 580. The van der Waals surface area contributed by atoms with Crippen LogP contribution in [0.1, 0.15) is 24.2 Å². The summed E-state index contributed by atoms with van der Waals surface area (Å²) in [5.41, 5.74) is 0.104. The molecule has 0 aromatic heterocycles. The summed E-state index contributed by atoms with van der Waals surface area (Å²) in [5.74, 6) is -0.531. The van der Waals surface area contributed by atoms with E-state index in [2.05, 4.69) is 6.07 Å². The lowest BCUT2D eigenvalue weighted by Crippen LogP contribution is -2.34. The monoisotopic (exact) mass is 291 g/mol. The summed E-state index contributed by atoms with van der Waals surface area (Å²) >= 11 is 0. The van der Waals surface area contributed by atoms with Crippen molar-refractivity contribution < 1.29 is 14.5 Å². The second kappa shape index (κ2) is 7.24. The lowest BCUT2D eigenvalue weighted by molar-refractivity contribution is -0.385. The van der Waals surface area contributed by atoms with Gasteiger partial charge in [0.2, 0.25) is 0 Å².